The molecule has 8 nitrogen and oxygen atoms in total. The Morgan fingerprint density at radius 2 is 1.81 bits per heavy atom. The Bertz CT molecular complexity index is 1310. The maximum Gasteiger partial charge on any atom is 0.290 e. The molecule has 0 saturated carbocycles. The zero-order valence-electron chi connectivity index (χ0n) is 20.4. The third-order valence-electron chi connectivity index (χ3n) is 6.72. The molecule has 2 aliphatic rings. The second kappa shape index (κ2) is 10.6. The van der Waals surface area contributed by atoms with Gasteiger partial charge in [0.2, 0.25) is 5.76 Å². The second-order valence-electron chi connectivity index (χ2n) is 8.91. The SMILES string of the molecule is C=CCOc1ccc(C2c3c(oc4cc(OC)ccc4c3=O)C(=O)N2CCCN2CCOCC2)cc1. The van der Waals surface area contributed by atoms with Gasteiger partial charge in [0, 0.05) is 32.2 Å². The number of hydrogen-bond acceptors (Lipinski definition) is 7. The molecule has 0 radical (unpaired) electrons. The summed E-state index contributed by atoms with van der Waals surface area (Å²) in [4.78, 5) is 31.4. The lowest BCUT2D eigenvalue weighted by Crippen LogP contribution is -2.38. The molecular weight excluding hydrogens is 460 g/mol. The van der Waals surface area contributed by atoms with Crippen LogP contribution in [0.4, 0.5) is 0 Å². The van der Waals surface area contributed by atoms with Gasteiger partial charge in [0.05, 0.1) is 37.3 Å². The molecule has 2 aliphatic heterocycles. The van der Waals surface area contributed by atoms with Crippen molar-refractivity contribution in [3.63, 3.8) is 0 Å². The van der Waals surface area contributed by atoms with E-state index in [1.807, 2.05) is 24.3 Å². The number of fused-ring (bicyclic) bond motifs is 2. The zero-order chi connectivity index (χ0) is 25.1. The highest BCUT2D eigenvalue weighted by Crippen LogP contribution is 2.39. The summed E-state index contributed by atoms with van der Waals surface area (Å²) in [7, 11) is 1.55. The fourth-order valence-corrected chi connectivity index (χ4v) is 4.89. The standard InChI is InChI=1S/C28H30N2O6/c1-3-15-35-20-7-5-19(6-8-20)25-24-26(31)22-10-9-21(33-2)18-23(22)36-27(24)28(32)30(25)12-4-11-29-13-16-34-17-14-29/h3,5-10,18,25H,1,4,11-17H2,2H3. The normalized spacial score (nSPS) is 17.9. The molecule has 0 bridgehead atoms. The minimum absolute atomic E-state index is 0.101. The molecule has 1 fully saturated rings. The van der Waals surface area contributed by atoms with Crippen molar-refractivity contribution < 1.29 is 23.4 Å². The number of carbonyl (C=O) groups excluding carboxylic acids is 1. The molecule has 0 aliphatic carbocycles. The van der Waals surface area contributed by atoms with Crippen molar-refractivity contribution >= 4 is 16.9 Å². The van der Waals surface area contributed by atoms with Gasteiger partial charge in [0.15, 0.2) is 5.43 Å². The molecule has 1 aromatic heterocycles. The summed E-state index contributed by atoms with van der Waals surface area (Å²) in [6, 6.07) is 12.0. The van der Waals surface area contributed by atoms with Gasteiger partial charge in [-0.1, -0.05) is 24.8 Å². The van der Waals surface area contributed by atoms with Crippen molar-refractivity contribution in [3.05, 3.63) is 82.2 Å². The highest BCUT2D eigenvalue weighted by atomic mass is 16.5. The maximum absolute atomic E-state index is 13.7. The van der Waals surface area contributed by atoms with Gasteiger partial charge >= 0.3 is 0 Å². The van der Waals surface area contributed by atoms with Gasteiger partial charge in [0.1, 0.15) is 23.7 Å². The van der Waals surface area contributed by atoms with Crippen molar-refractivity contribution in [2.45, 2.75) is 12.5 Å². The third-order valence-corrected chi connectivity index (χ3v) is 6.72. The van der Waals surface area contributed by atoms with Crippen molar-refractivity contribution in [3.8, 4) is 11.5 Å². The third kappa shape index (κ3) is 4.62. The molecular formula is C28H30N2O6. The molecule has 0 spiro atoms. The minimum Gasteiger partial charge on any atom is -0.497 e. The molecule has 0 N–H and O–H groups in total. The maximum atomic E-state index is 13.7. The summed E-state index contributed by atoms with van der Waals surface area (Å²) in [6.07, 6.45) is 2.46. The number of nitrogens with zero attached hydrogens (tertiary/aromatic N) is 2. The molecule has 2 aromatic carbocycles. The molecule has 36 heavy (non-hydrogen) atoms. The van der Waals surface area contributed by atoms with E-state index in [1.165, 1.54) is 0 Å². The van der Waals surface area contributed by atoms with E-state index in [-0.39, 0.29) is 17.1 Å². The van der Waals surface area contributed by atoms with Gasteiger partial charge in [0.25, 0.3) is 5.91 Å². The van der Waals surface area contributed by atoms with Crippen molar-refractivity contribution in [1.29, 1.82) is 0 Å². The van der Waals surface area contributed by atoms with Crippen LogP contribution in [0.25, 0.3) is 11.0 Å². The number of benzene rings is 2. The highest BCUT2D eigenvalue weighted by molar-refractivity contribution is 5.99. The predicted molar refractivity (Wildman–Crippen MR) is 136 cm³/mol. The van der Waals surface area contributed by atoms with Crippen LogP contribution < -0.4 is 14.9 Å². The lowest BCUT2D eigenvalue weighted by Gasteiger charge is -2.29. The van der Waals surface area contributed by atoms with E-state index in [1.54, 1.807) is 36.3 Å². The summed E-state index contributed by atoms with van der Waals surface area (Å²) in [5, 5.41) is 0.424. The molecule has 8 heteroatoms. The Balaban J connectivity index is 1.51. The number of rotatable bonds is 9. The average molecular weight is 491 g/mol. The van der Waals surface area contributed by atoms with Crippen LogP contribution in [0.1, 0.15) is 34.1 Å². The van der Waals surface area contributed by atoms with Crippen LogP contribution in [0.3, 0.4) is 0 Å². The smallest absolute Gasteiger partial charge is 0.290 e. The largest absolute Gasteiger partial charge is 0.497 e. The van der Waals surface area contributed by atoms with Crippen molar-refractivity contribution in [1.82, 2.24) is 9.80 Å². The summed E-state index contributed by atoms with van der Waals surface area (Å²) in [6.45, 7) is 8.65. The highest BCUT2D eigenvalue weighted by Gasteiger charge is 2.42. The fraction of sp³-hybridized carbons (Fsp3) is 0.357. The van der Waals surface area contributed by atoms with E-state index in [9.17, 15) is 9.59 Å². The molecule has 3 heterocycles. The first kappa shape index (κ1) is 24.1. The van der Waals surface area contributed by atoms with E-state index in [0.29, 0.717) is 41.2 Å². The van der Waals surface area contributed by atoms with Gasteiger partial charge in [-0.2, -0.15) is 0 Å². The van der Waals surface area contributed by atoms with Gasteiger partial charge in [-0.05, 0) is 36.2 Å². The van der Waals surface area contributed by atoms with Crippen LogP contribution in [-0.4, -0.2) is 68.8 Å². The van der Waals surface area contributed by atoms with Gasteiger partial charge < -0.3 is 23.5 Å². The van der Waals surface area contributed by atoms with E-state index in [4.69, 9.17) is 18.6 Å². The van der Waals surface area contributed by atoms with Gasteiger partial charge in [-0.25, -0.2) is 0 Å². The van der Waals surface area contributed by atoms with Crippen LogP contribution >= 0.6 is 0 Å². The lowest BCUT2D eigenvalue weighted by atomic mass is 9.98. The van der Waals surface area contributed by atoms with E-state index in [0.717, 1.165) is 44.8 Å². The molecule has 5 rings (SSSR count). The first-order valence-corrected chi connectivity index (χ1v) is 12.2. The molecule has 188 valence electrons. The number of hydrogen-bond donors (Lipinski definition) is 0. The summed E-state index contributed by atoms with van der Waals surface area (Å²) >= 11 is 0. The first-order valence-electron chi connectivity index (χ1n) is 12.2. The number of methoxy groups -OCH3 is 1. The Labute approximate surface area is 209 Å². The zero-order valence-corrected chi connectivity index (χ0v) is 20.4. The lowest BCUT2D eigenvalue weighted by molar-refractivity contribution is 0.0353. The summed E-state index contributed by atoms with van der Waals surface area (Å²) in [5.74, 6) is 1.08. The van der Waals surface area contributed by atoms with Crippen LogP contribution in [0.5, 0.6) is 11.5 Å². The van der Waals surface area contributed by atoms with Crippen molar-refractivity contribution in [2.75, 3.05) is 53.1 Å². The Kier molecular flexibility index (Phi) is 7.06. The van der Waals surface area contributed by atoms with E-state index in [2.05, 4.69) is 11.5 Å². The minimum atomic E-state index is -0.534. The molecule has 3 aromatic rings. The number of amides is 1. The van der Waals surface area contributed by atoms with E-state index >= 15 is 0 Å². The first-order chi connectivity index (χ1) is 17.6. The topological polar surface area (TPSA) is 81.5 Å². The van der Waals surface area contributed by atoms with Crippen LogP contribution in [0.2, 0.25) is 0 Å². The quantitative estimate of drug-likeness (QED) is 0.424. The monoisotopic (exact) mass is 490 g/mol. The average Bonchev–Trinajstić information content (AvgIpc) is 3.19. The van der Waals surface area contributed by atoms with Gasteiger partial charge in [-0.3, -0.25) is 14.5 Å². The van der Waals surface area contributed by atoms with Crippen LogP contribution in [0.15, 0.2) is 64.3 Å². The Morgan fingerprint density at radius 1 is 1.06 bits per heavy atom. The van der Waals surface area contributed by atoms with Crippen LogP contribution in [-0.2, 0) is 4.74 Å². The molecule has 1 amide bonds. The Hall–Kier alpha value is -3.62. The fourth-order valence-electron chi connectivity index (χ4n) is 4.89. The number of morpholine rings is 1. The van der Waals surface area contributed by atoms with Crippen molar-refractivity contribution in [2.24, 2.45) is 0 Å². The molecule has 1 atom stereocenters. The molecule has 1 saturated heterocycles. The second-order valence-corrected chi connectivity index (χ2v) is 8.91. The Morgan fingerprint density at radius 3 is 2.53 bits per heavy atom. The summed E-state index contributed by atoms with van der Waals surface area (Å²) in [5.41, 5.74) is 1.35. The molecule has 1 unspecified atom stereocenters. The number of ether oxygens (including phenoxy) is 3. The number of carbonyl (C=O) groups is 1. The van der Waals surface area contributed by atoms with Gasteiger partial charge in [-0.15, -0.1) is 0 Å². The predicted octanol–water partition coefficient (Wildman–Crippen LogP) is 3.63. The summed E-state index contributed by atoms with van der Waals surface area (Å²) < 4.78 is 22.4. The van der Waals surface area contributed by atoms with E-state index < -0.39 is 6.04 Å². The van der Waals surface area contributed by atoms with Crippen LogP contribution in [0, 0.1) is 0 Å².